The van der Waals surface area contributed by atoms with Crippen LogP contribution in [0.3, 0.4) is 0 Å². The molecular formula is C25H22N6O3. The van der Waals surface area contributed by atoms with E-state index in [1.807, 2.05) is 66.9 Å². The maximum absolute atomic E-state index is 12.0. The second-order valence-electron chi connectivity index (χ2n) is 7.83. The first-order valence-corrected chi connectivity index (χ1v) is 10.8. The van der Waals surface area contributed by atoms with Crippen LogP contribution < -0.4 is 4.74 Å². The number of imidazole rings is 1. The molecule has 0 unspecified atom stereocenters. The Labute approximate surface area is 195 Å². The van der Waals surface area contributed by atoms with Gasteiger partial charge >= 0.3 is 5.97 Å². The third-order valence-electron chi connectivity index (χ3n) is 5.66. The molecule has 170 valence electrons. The highest BCUT2D eigenvalue weighted by Crippen LogP contribution is 2.33. The Morgan fingerprint density at radius 3 is 2.62 bits per heavy atom. The van der Waals surface area contributed by atoms with Gasteiger partial charge in [0.2, 0.25) is 5.82 Å². The lowest BCUT2D eigenvalue weighted by molar-refractivity contribution is 0.0698. The maximum Gasteiger partial charge on any atom is 0.337 e. The Morgan fingerprint density at radius 2 is 1.91 bits per heavy atom. The van der Waals surface area contributed by atoms with Crippen LogP contribution in [0.25, 0.3) is 33.5 Å². The van der Waals surface area contributed by atoms with E-state index in [9.17, 15) is 9.90 Å². The molecule has 0 aliphatic carbocycles. The SMILES string of the molecule is CCOc1nc2c(C)ccc(C(=O)O)c2n1Cc1ccc(-c2ccccc2)c(-c2nn[nH]n2)c1. The van der Waals surface area contributed by atoms with Crippen LogP contribution in [0, 0.1) is 6.92 Å². The number of aryl methyl sites for hydroxylation is 1. The Morgan fingerprint density at radius 1 is 1.09 bits per heavy atom. The summed E-state index contributed by atoms with van der Waals surface area (Å²) < 4.78 is 7.61. The number of rotatable bonds is 7. The summed E-state index contributed by atoms with van der Waals surface area (Å²) in [7, 11) is 0. The number of benzene rings is 3. The van der Waals surface area contributed by atoms with Crippen LogP contribution in [0.5, 0.6) is 6.01 Å². The predicted octanol–water partition coefficient (Wildman–Crippen LogP) is 4.34. The first-order valence-electron chi connectivity index (χ1n) is 10.8. The molecule has 5 rings (SSSR count). The molecule has 0 aliphatic heterocycles. The number of carboxylic acids is 1. The number of fused-ring (bicyclic) bond motifs is 1. The highest BCUT2D eigenvalue weighted by molar-refractivity contribution is 6.02. The molecule has 0 radical (unpaired) electrons. The third-order valence-corrected chi connectivity index (χ3v) is 5.66. The summed E-state index contributed by atoms with van der Waals surface area (Å²) in [5, 5.41) is 24.4. The zero-order chi connectivity index (χ0) is 23.7. The van der Waals surface area contributed by atoms with Crippen molar-refractivity contribution >= 4 is 17.0 Å². The number of ether oxygens (including phenoxy) is 1. The van der Waals surface area contributed by atoms with Gasteiger partial charge in [0.05, 0.1) is 29.7 Å². The van der Waals surface area contributed by atoms with Crippen LogP contribution in [0.15, 0.2) is 60.7 Å². The van der Waals surface area contributed by atoms with Crippen molar-refractivity contribution in [3.05, 3.63) is 77.4 Å². The van der Waals surface area contributed by atoms with Gasteiger partial charge in [-0.25, -0.2) is 4.79 Å². The number of tetrazole rings is 1. The Bertz CT molecular complexity index is 1480. The lowest BCUT2D eigenvalue weighted by Gasteiger charge is -2.13. The number of carboxylic acid groups (broad SMARTS) is 1. The number of carbonyl (C=O) groups is 1. The summed E-state index contributed by atoms with van der Waals surface area (Å²) in [5.74, 6) is -0.538. The number of hydrogen-bond acceptors (Lipinski definition) is 6. The molecule has 0 bridgehead atoms. The minimum atomic E-state index is -1.01. The third kappa shape index (κ3) is 3.77. The summed E-state index contributed by atoms with van der Waals surface area (Å²) in [6, 6.07) is 19.7. The molecule has 0 saturated heterocycles. The number of nitrogens with zero attached hydrogens (tertiary/aromatic N) is 5. The monoisotopic (exact) mass is 454 g/mol. The molecule has 0 atom stereocenters. The lowest BCUT2D eigenvalue weighted by Crippen LogP contribution is -2.08. The first kappa shape index (κ1) is 21.3. The van der Waals surface area contributed by atoms with E-state index < -0.39 is 5.97 Å². The molecule has 0 spiro atoms. The van der Waals surface area contributed by atoms with E-state index in [0.717, 1.165) is 27.8 Å². The highest BCUT2D eigenvalue weighted by Gasteiger charge is 2.21. The number of aromatic carboxylic acids is 1. The summed E-state index contributed by atoms with van der Waals surface area (Å²) >= 11 is 0. The van der Waals surface area contributed by atoms with Gasteiger partial charge in [-0.15, -0.1) is 10.2 Å². The molecule has 0 saturated carbocycles. The summed E-state index contributed by atoms with van der Waals surface area (Å²) in [6.45, 7) is 4.54. The molecule has 34 heavy (non-hydrogen) atoms. The van der Waals surface area contributed by atoms with E-state index in [4.69, 9.17) is 4.74 Å². The molecule has 3 aromatic carbocycles. The summed E-state index contributed by atoms with van der Waals surface area (Å²) in [4.78, 5) is 16.6. The normalized spacial score (nSPS) is 11.1. The largest absolute Gasteiger partial charge is 0.478 e. The van der Waals surface area contributed by atoms with Crippen molar-refractivity contribution in [2.75, 3.05) is 6.61 Å². The molecule has 2 N–H and O–H groups in total. The molecule has 9 heteroatoms. The van der Waals surface area contributed by atoms with Crippen molar-refractivity contribution in [1.82, 2.24) is 30.2 Å². The zero-order valence-electron chi connectivity index (χ0n) is 18.7. The van der Waals surface area contributed by atoms with Crippen molar-refractivity contribution in [3.63, 3.8) is 0 Å². The van der Waals surface area contributed by atoms with Crippen molar-refractivity contribution in [1.29, 1.82) is 0 Å². The molecule has 0 aliphatic rings. The van der Waals surface area contributed by atoms with Crippen LogP contribution in [-0.2, 0) is 6.54 Å². The topological polar surface area (TPSA) is 119 Å². The van der Waals surface area contributed by atoms with E-state index in [0.29, 0.717) is 36.0 Å². The zero-order valence-corrected chi connectivity index (χ0v) is 18.7. The van der Waals surface area contributed by atoms with Gasteiger partial charge in [0.25, 0.3) is 6.01 Å². The van der Waals surface area contributed by atoms with E-state index >= 15 is 0 Å². The van der Waals surface area contributed by atoms with Gasteiger partial charge in [-0.05, 0) is 53.4 Å². The minimum absolute atomic E-state index is 0.179. The van der Waals surface area contributed by atoms with Crippen LogP contribution in [0.4, 0.5) is 0 Å². The van der Waals surface area contributed by atoms with Crippen LogP contribution >= 0.6 is 0 Å². The molecule has 0 fully saturated rings. The van der Waals surface area contributed by atoms with Crippen molar-refractivity contribution in [3.8, 4) is 28.5 Å². The van der Waals surface area contributed by atoms with Gasteiger partial charge < -0.3 is 9.84 Å². The molecule has 0 amide bonds. The minimum Gasteiger partial charge on any atom is -0.478 e. The number of aromatic nitrogens is 6. The van der Waals surface area contributed by atoms with Crippen molar-refractivity contribution < 1.29 is 14.6 Å². The average molecular weight is 454 g/mol. The number of nitrogens with one attached hydrogen (secondary N) is 1. The van der Waals surface area contributed by atoms with Gasteiger partial charge in [0.1, 0.15) is 0 Å². The van der Waals surface area contributed by atoms with Gasteiger partial charge in [0.15, 0.2) is 0 Å². The summed E-state index contributed by atoms with van der Waals surface area (Å²) in [6.07, 6.45) is 0. The van der Waals surface area contributed by atoms with E-state index in [2.05, 4.69) is 25.6 Å². The fourth-order valence-corrected chi connectivity index (χ4v) is 4.11. The smallest absolute Gasteiger partial charge is 0.337 e. The number of H-pyrrole nitrogens is 1. The van der Waals surface area contributed by atoms with E-state index in [-0.39, 0.29) is 5.56 Å². The van der Waals surface area contributed by atoms with Crippen molar-refractivity contribution in [2.24, 2.45) is 0 Å². The Balaban J connectivity index is 1.67. The van der Waals surface area contributed by atoms with Crippen LogP contribution in [-0.4, -0.2) is 47.9 Å². The van der Waals surface area contributed by atoms with Crippen LogP contribution in [0.2, 0.25) is 0 Å². The Hall–Kier alpha value is -4.53. The maximum atomic E-state index is 12.0. The van der Waals surface area contributed by atoms with E-state index in [1.54, 1.807) is 12.1 Å². The standard InChI is InChI=1S/C25H22N6O3/c1-3-34-25-26-21-15(2)9-11-19(24(32)33)22(21)31(25)14-16-10-12-18(17-7-5-4-6-8-17)20(13-16)23-27-29-30-28-23/h4-13H,3,14H2,1-2H3,(H,32,33)(H,27,28,29,30). The molecule has 9 nitrogen and oxygen atoms in total. The van der Waals surface area contributed by atoms with Gasteiger partial charge in [-0.3, -0.25) is 4.57 Å². The number of hydrogen-bond donors (Lipinski definition) is 2. The van der Waals surface area contributed by atoms with Gasteiger partial charge in [-0.1, -0.05) is 48.5 Å². The second kappa shape index (κ2) is 8.78. The first-order chi connectivity index (χ1) is 16.6. The molecule has 5 aromatic rings. The van der Waals surface area contributed by atoms with Crippen LogP contribution in [0.1, 0.15) is 28.4 Å². The molecule has 2 aromatic heterocycles. The molecular weight excluding hydrogens is 432 g/mol. The second-order valence-corrected chi connectivity index (χ2v) is 7.83. The van der Waals surface area contributed by atoms with Crippen molar-refractivity contribution in [2.45, 2.75) is 20.4 Å². The quantitative estimate of drug-likeness (QED) is 0.375. The predicted molar refractivity (Wildman–Crippen MR) is 127 cm³/mol. The number of aromatic amines is 1. The summed E-state index contributed by atoms with van der Waals surface area (Å²) in [5.41, 5.74) is 5.93. The van der Waals surface area contributed by atoms with Gasteiger partial charge in [0, 0.05) is 5.56 Å². The highest BCUT2D eigenvalue weighted by atomic mass is 16.5. The lowest BCUT2D eigenvalue weighted by atomic mass is 9.97. The fourth-order valence-electron chi connectivity index (χ4n) is 4.11. The average Bonchev–Trinajstić information content (AvgIpc) is 3.50. The molecule has 2 heterocycles. The fraction of sp³-hybridized carbons (Fsp3) is 0.160. The Kier molecular flexibility index (Phi) is 5.51. The van der Waals surface area contributed by atoms with E-state index in [1.165, 1.54) is 0 Å². The van der Waals surface area contributed by atoms with Gasteiger partial charge in [-0.2, -0.15) is 10.2 Å².